The van der Waals surface area contributed by atoms with E-state index in [1.54, 1.807) is 7.11 Å². The highest BCUT2D eigenvalue weighted by atomic mass is 79.9. The Balaban J connectivity index is 2.21. The van der Waals surface area contributed by atoms with Crippen LogP contribution >= 0.6 is 15.9 Å². The highest BCUT2D eigenvalue weighted by Gasteiger charge is 2.29. The molecule has 1 aliphatic heterocycles. The first-order chi connectivity index (χ1) is 8.95. The minimum atomic E-state index is -3.62. The van der Waals surface area contributed by atoms with Crippen molar-refractivity contribution >= 4 is 26.0 Å². The molecule has 1 heterocycles. The number of halogens is 2. The molecule has 2 rings (SSSR count). The molecule has 0 saturated carbocycles. The van der Waals surface area contributed by atoms with Crippen LogP contribution in [0.3, 0.4) is 0 Å². The van der Waals surface area contributed by atoms with E-state index in [0.717, 1.165) is 6.07 Å². The van der Waals surface area contributed by atoms with Gasteiger partial charge >= 0.3 is 0 Å². The van der Waals surface area contributed by atoms with Crippen LogP contribution < -0.4 is 0 Å². The molecule has 1 aromatic rings. The van der Waals surface area contributed by atoms with E-state index in [1.807, 2.05) is 0 Å². The van der Waals surface area contributed by atoms with Gasteiger partial charge in [0.15, 0.2) is 0 Å². The lowest BCUT2D eigenvalue weighted by Gasteiger charge is -2.30. The molecule has 0 spiro atoms. The molecule has 4 nitrogen and oxygen atoms in total. The Morgan fingerprint density at radius 3 is 2.53 bits per heavy atom. The van der Waals surface area contributed by atoms with Gasteiger partial charge in [0.25, 0.3) is 0 Å². The molecule has 1 saturated heterocycles. The van der Waals surface area contributed by atoms with E-state index in [0.29, 0.717) is 25.9 Å². The molecule has 106 valence electrons. The smallest absolute Gasteiger partial charge is 0.243 e. The second-order valence-corrected chi connectivity index (χ2v) is 7.21. The molecular weight excluding hydrogens is 337 g/mol. The Bertz CT molecular complexity index is 556. The van der Waals surface area contributed by atoms with E-state index in [1.165, 1.54) is 16.4 Å². The summed E-state index contributed by atoms with van der Waals surface area (Å²) in [5.41, 5.74) is 0. The summed E-state index contributed by atoms with van der Waals surface area (Å²) in [5, 5.41) is 0. The van der Waals surface area contributed by atoms with E-state index in [2.05, 4.69) is 15.9 Å². The fraction of sp³-hybridized carbons (Fsp3) is 0.500. The van der Waals surface area contributed by atoms with Gasteiger partial charge in [0.2, 0.25) is 10.0 Å². The normalized spacial score (nSPS) is 18.7. The third kappa shape index (κ3) is 3.16. The van der Waals surface area contributed by atoms with Crippen LogP contribution in [0.4, 0.5) is 4.39 Å². The monoisotopic (exact) mass is 351 g/mol. The number of ether oxygens (including phenoxy) is 1. The van der Waals surface area contributed by atoms with Crippen LogP contribution in [-0.2, 0) is 14.8 Å². The lowest BCUT2D eigenvalue weighted by atomic mass is 10.1. The average molecular weight is 352 g/mol. The fourth-order valence-electron chi connectivity index (χ4n) is 2.09. The second-order valence-electron chi connectivity index (χ2n) is 4.42. The maximum atomic E-state index is 13.4. The molecule has 0 aliphatic carbocycles. The fourth-order valence-corrected chi connectivity index (χ4v) is 3.82. The topological polar surface area (TPSA) is 46.6 Å². The number of rotatable bonds is 3. The van der Waals surface area contributed by atoms with Crippen molar-refractivity contribution in [2.45, 2.75) is 23.8 Å². The van der Waals surface area contributed by atoms with Crippen molar-refractivity contribution < 1.29 is 17.5 Å². The lowest BCUT2D eigenvalue weighted by Crippen LogP contribution is -2.40. The molecule has 1 aromatic carbocycles. The summed E-state index contributed by atoms with van der Waals surface area (Å²) in [7, 11) is -1.99. The molecule has 0 atom stereocenters. The third-order valence-electron chi connectivity index (χ3n) is 3.26. The molecule has 7 heteroatoms. The zero-order valence-electron chi connectivity index (χ0n) is 10.5. The van der Waals surface area contributed by atoms with Gasteiger partial charge in [-0.2, -0.15) is 4.31 Å². The number of hydrogen-bond acceptors (Lipinski definition) is 3. The number of sulfonamides is 1. The van der Waals surface area contributed by atoms with Crippen molar-refractivity contribution in [3.63, 3.8) is 0 Å². The largest absolute Gasteiger partial charge is 0.381 e. The number of benzene rings is 1. The van der Waals surface area contributed by atoms with E-state index in [4.69, 9.17) is 4.74 Å². The zero-order chi connectivity index (χ0) is 14.0. The average Bonchev–Trinajstić information content (AvgIpc) is 2.41. The minimum absolute atomic E-state index is 0.0101. The Morgan fingerprint density at radius 2 is 2.00 bits per heavy atom. The Morgan fingerprint density at radius 1 is 1.37 bits per heavy atom. The van der Waals surface area contributed by atoms with Crippen LogP contribution in [0, 0.1) is 5.82 Å². The van der Waals surface area contributed by atoms with Gasteiger partial charge in [-0.05, 0) is 47.0 Å². The Labute approximate surface area is 120 Å². The van der Waals surface area contributed by atoms with Gasteiger partial charge in [-0.15, -0.1) is 0 Å². The maximum Gasteiger partial charge on any atom is 0.243 e. The molecule has 1 aliphatic rings. The molecular formula is C12H15BrFNO3S. The van der Waals surface area contributed by atoms with Crippen LogP contribution in [0.2, 0.25) is 0 Å². The molecule has 0 amide bonds. The zero-order valence-corrected chi connectivity index (χ0v) is 12.9. The number of hydrogen-bond donors (Lipinski definition) is 0. The predicted octanol–water partition coefficient (Wildman–Crippen LogP) is 2.39. The van der Waals surface area contributed by atoms with Crippen molar-refractivity contribution in [2.24, 2.45) is 0 Å². The summed E-state index contributed by atoms with van der Waals surface area (Å²) in [5.74, 6) is -0.576. The lowest BCUT2D eigenvalue weighted by molar-refractivity contribution is 0.0604. The quantitative estimate of drug-likeness (QED) is 0.839. The van der Waals surface area contributed by atoms with E-state index in [-0.39, 0.29) is 15.5 Å². The van der Waals surface area contributed by atoms with Crippen LogP contribution in [0.5, 0.6) is 0 Å². The molecule has 1 fully saturated rings. The first-order valence-corrected chi connectivity index (χ1v) is 8.16. The second kappa shape index (κ2) is 5.87. The number of piperidine rings is 1. The van der Waals surface area contributed by atoms with Gasteiger partial charge in [-0.3, -0.25) is 0 Å². The Kier molecular flexibility index (Phi) is 4.60. The third-order valence-corrected chi connectivity index (χ3v) is 5.80. The summed E-state index contributed by atoms with van der Waals surface area (Å²) in [6, 6.07) is 3.86. The first kappa shape index (κ1) is 14.9. The summed E-state index contributed by atoms with van der Waals surface area (Å²) in [6.45, 7) is 0.803. The molecule has 0 radical (unpaired) electrons. The molecule has 0 aromatic heterocycles. The van der Waals surface area contributed by atoms with E-state index in [9.17, 15) is 12.8 Å². The van der Waals surface area contributed by atoms with Crippen molar-refractivity contribution in [3.05, 3.63) is 28.5 Å². The van der Waals surface area contributed by atoms with Crippen molar-refractivity contribution in [3.8, 4) is 0 Å². The maximum absolute atomic E-state index is 13.4. The van der Waals surface area contributed by atoms with Crippen LogP contribution in [0.1, 0.15) is 12.8 Å². The molecule has 0 bridgehead atoms. The SMILES string of the molecule is COC1CCN(S(=O)(=O)c2ccc(Br)c(F)c2)CC1. The predicted molar refractivity (Wildman–Crippen MR) is 72.9 cm³/mol. The summed E-state index contributed by atoms with van der Waals surface area (Å²) in [6.07, 6.45) is 1.43. The van der Waals surface area contributed by atoms with Gasteiger partial charge < -0.3 is 4.74 Å². The van der Waals surface area contributed by atoms with Gasteiger partial charge in [-0.25, -0.2) is 12.8 Å². The highest BCUT2D eigenvalue weighted by molar-refractivity contribution is 9.10. The summed E-state index contributed by atoms with van der Waals surface area (Å²) in [4.78, 5) is -0.0101. The first-order valence-electron chi connectivity index (χ1n) is 5.93. The van der Waals surface area contributed by atoms with Crippen molar-refractivity contribution in [1.82, 2.24) is 4.31 Å². The van der Waals surface area contributed by atoms with Crippen LogP contribution in [0.25, 0.3) is 0 Å². The van der Waals surface area contributed by atoms with E-state index >= 15 is 0 Å². The summed E-state index contributed by atoms with van der Waals surface area (Å²) >= 11 is 3.01. The number of nitrogens with zero attached hydrogens (tertiary/aromatic N) is 1. The van der Waals surface area contributed by atoms with Gasteiger partial charge in [-0.1, -0.05) is 0 Å². The molecule has 19 heavy (non-hydrogen) atoms. The Hall–Kier alpha value is -0.500. The molecule has 0 N–H and O–H groups in total. The van der Waals surface area contributed by atoms with Crippen molar-refractivity contribution in [2.75, 3.05) is 20.2 Å². The van der Waals surface area contributed by atoms with E-state index < -0.39 is 15.8 Å². The van der Waals surface area contributed by atoms with Gasteiger partial charge in [0.05, 0.1) is 15.5 Å². The standard InChI is InChI=1S/C12H15BrFNO3S/c1-18-9-4-6-15(7-5-9)19(16,17)10-2-3-11(13)12(14)8-10/h2-3,8-9H,4-7H2,1H3. The van der Waals surface area contributed by atoms with Crippen molar-refractivity contribution in [1.29, 1.82) is 0 Å². The highest BCUT2D eigenvalue weighted by Crippen LogP contribution is 2.24. The summed E-state index contributed by atoms with van der Waals surface area (Å²) < 4.78 is 45.0. The number of methoxy groups -OCH3 is 1. The van der Waals surface area contributed by atoms with Crippen LogP contribution in [-0.4, -0.2) is 39.0 Å². The minimum Gasteiger partial charge on any atom is -0.381 e. The van der Waals surface area contributed by atoms with Gasteiger partial charge in [0.1, 0.15) is 5.82 Å². The van der Waals surface area contributed by atoms with Gasteiger partial charge in [0, 0.05) is 20.2 Å². The van der Waals surface area contributed by atoms with Crippen LogP contribution in [0.15, 0.2) is 27.6 Å². The molecule has 0 unspecified atom stereocenters.